The maximum Gasteiger partial charge on any atom is 0.573 e. The molecule has 2 rings (SSSR count). The van der Waals surface area contributed by atoms with E-state index in [0.29, 0.717) is 11.3 Å². The highest BCUT2D eigenvalue weighted by molar-refractivity contribution is 7.92. The van der Waals surface area contributed by atoms with Crippen molar-refractivity contribution in [2.75, 3.05) is 17.9 Å². The lowest BCUT2D eigenvalue weighted by molar-refractivity contribution is -0.274. The van der Waals surface area contributed by atoms with Gasteiger partial charge in [-0.15, -0.1) is 13.2 Å². The van der Waals surface area contributed by atoms with E-state index >= 15 is 0 Å². The third kappa shape index (κ3) is 5.53. The Bertz CT molecular complexity index is 868. The second kappa shape index (κ2) is 7.83. The van der Waals surface area contributed by atoms with Crippen molar-refractivity contribution < 1.29 is 36.2 Å². The van der Waals surface area contributed by atoms with Crippen molar-refractivity contribution in [2.45, 2.75) is 18.2 Å². The van der Waals surface area contributed by atoms with Crippen LogP contribution in [0.2, 0.25) is 0 Å². The second-order valence-corrected chi connectivity index (χ2v) is 6.86. The highest BCUT2D eigenvalue weighted by atomic mass is 32.2. The molecule has 0 unspecified atom stereocenters. The van der Waals surface area contributed by atoms with Crippen LogP contribution in [-0.2, 0) is 10.0 Å². The summed E-state index contributed by atoms with van der Waals surface area (Å²) in [5.74, 6) is -0.190. The number of aliphatic hydroxyl groups excluding tert-OH is 1. The highest BCUT2D eigenvalue weighted by Crippen LogP contribution is 2.27. The zero-order valence-corrected chi connectivity index (χ0v) is 14.4. The summed E-state index contributed by atoms with van der Waals surface area (Å²) >= 11 is 0. The van der Waals surface area contributed by atoms with Crippen molar-refractivity contribution in [1.29, 1.82) is 0 Å². The summed E-state index contributed by atoms with van der Waals surface area (Å²) in [6, 6.07) is 8.61. The van der Waals surface area contributed by atoms with Crippen LogP contribution in [0.3, 0.4) is 0 Å². The minimum Gasteiger partial charge on any atom is -0.491 e. The monoisotopic (exact) mass is 391 g/mol. The Kier molecular flexibility index (Phi) is 5.98. The molecule has 26 heavy (non-hydrogen) atoms. The lowest BCUT2D eigenvalue weighted by Crippen LogP contribution is -2.18. The first kappa shape index (κ1) is 19.9. The molecule has 0 aromatic heterocycles. The Hall–Kier alpha value is -2.46. The van der Waals surface area contributed by atoms with E-state index in [1.165, 1.54) is 12.1 Å². The summed E-state index contributed by atoms with van der Waals surface area (Å²) in [6.07, 6.45) is -4.92. The summed E-state index contributed by atoms with van der Waals surface area (Å²) in [5, 5.41) is 8.73. The van der Waals surface area contributed by atoms with Crippen LogP contribution < -0.4 is 14.2 Å². The van der Waals surface area contributed by atoms with E-state index in [1.54, 1.807) is 13.0 Å². The Morgan fingerprint density at radius 2 is 1.85 bits per heavy atom. The maximum atomic E-state index is 12.4. The Labute approximate surface area is 148 Å². The van der Waals surface area contributed by atoms with Gasteiger partial charge in [0.25, 0.3) is 10.0 Å². The minimum absolute atomic E-state index is 0.0938. The van der Waals surface area contributed by atoms with Gasteiger partial charge in [-0.1, -0.05) is 6.07 Å². The van der Waals surface area contributed by atoms with Crippen molar-refractivity contribution in [3.63, 3.8) is 0 Å². The lowest BCUT2D eigenvalue weighted by atomic mass is 10.2. The topological polar surface area (TPSA) is 84.9 Å². The van der Waals surface area contributed by atoms with Crippen LogP contribution in [0.25, 0.3) is 0 Å². The van der Waals surface area contributed by atoms with Crippen molar-refractivity contribution in [3.8, 4) is 11.5 Å². The van der Waals surface area contributed by atoms with Crippen molar-refractivity contribution in [3.05, 3.63) is 48.0 Å². The molecule has 0 bridgehead atoms. The summed E-state index contributed by atoms with van der Waals surface area (Å²) < 4.78 is 72.9. The minimum atomic E-state index is -4.92. The average molecular weight is 391 g/mol. The Balaban J connectivity index is 2.22. The molecule has 0 aliphatic carbocycles. The summed E-state index contributed by atoms with van der Waals surface area (Å²) in [5.41, 5.74) is 0.773. The van der Waals surface area contributed by atoms with Crippen LogP contribution in [0.4, 0.5) is 18.9 Å². The molecule has 2 N–H and O–H groups in total. The maximum absolute atomic E-state index is 12.4. The molecular weight excluding hydrogens is 375 g/mol. The summed E-state index contributed by atoms with van der Waals surface area (Å²) in [7, 11) is -4.12. The van der Waals surface area contributed by atoms with Crippen LogP contribution in [0.1, 0.15) is 5.56 Å². The molecule has 0 heterocycles. The van der Waals surface area contributed by atoms with E-state index in [0.717, 1.165) is 24.3 Å². The molecule has 0 amide bonds. The molecule has 0 aliphatic heterocycles. The first-order chi connectivity index (χ1) is 12.1. The highest BCUT2D eigenvalue weighted by Gasteiger charge is 2.31. The molecule has 0 spiro atoms. The fourth-order valence-corrected chi connectivity index (χ4v) is 3.21. The van der Waals surface area contributed by atoms with E-state index < -0.39 is 22.1 Å². The fraction of sp³-hybridized carbons (Fsp3) is 0.250. The predicted octanol–water partition coefficient (Wildman–Crippen LogP) is 3.07. The predicted molar refractivity (Wildman–Crippen MR) is 87.7 cm³/mol. The van der Waals surface area contributed by atoms with E-state index in [4.69, 9.17) is 9.84 Å². The number of anilines is 1. The van der Waals surface area contributed by atoms with Gasteiger partial charge in [0, 0.05) is 6.07 Å². The van der Waals surface area contributed by atoms with Crippen LogP contribution >= 0.6 is 0 Å². The number of halogens is 3. The van der Waals surface area contributed by atoms with Crippen LogP contribution in [-0.4, -0.2) is 33.1 Å². The van der Waals surface area contributed by atoms with Gasteiger partial charge in [0.2, 0.25) is 0 Å². The number of ether oxygens (including phenoxy) is 2. The molecule has 142 valence electrons. The van der Waals surface area contributed by atoms with Crippen molar-refractivity contribution in [2.24, 2.45) is 0 Å². The van der Waals surface area contributed by atoms with Gasteiger partial charge >= 0.3 is 6.36 Å². The van der Waals surface area contributed by atoms with Crippen LogP contribution in [0, 0.1) is 6.92 Å². The molecule has 0 saturated heterocycles. The molecule has 0 aliphatic rings. The molecular formula is C16H16F3NO5S. The number of aliphatic hydroxyl groups is 1. The molecule has 0 atom stereocenters. The van der Waals surface area contributed by atoms with Crippen molar-refractivity contribution in [1.82, 2.24) is 0 Å². The lowest BCUT2D eigenvalue weighted by Gasteiger charge is -2.13. The third-order valence-corrected chi connectivity index (χ3v) is 4.51. The zero-order valence-electron chi connectivity index (χ0n) is 13.6. The van der Waals surface area contributed by atoms with E-state index in [-0.39, 0.29) is 23.8 Å². The number of benzene rings is 2. The molecule has 0 fully saturated rings. The fourth-order valence-electron chi connectivity index (χ4n) is 2.05. The van der Waals surface area contributed by atoms with Gasteiger partial charge in [0.05, 0.1) is 17.2 Å². The van der Waals surface area contributed by atoms with Gasteiger partial charge in [-0.25, -0.2) is 8.42 Å². The van der Waals surface area contributed by atoms with Gasteiger partial charge in [0.15, 0.2) is 0 Å². The van der Waals surface area contributed by atoms with E-state index in [2.05, 4.69) is 9.46 Å². The Morgan fingerprint density at radius 1 is 1.12 bits per heavy atom. The molecule has 10 heteroatoms. The number of alkyl halides is 3. The number of sulfonamides is 1. The molecule has 2 aromatic carbocycles. The van der Waals surface area contributed by atoms with Crippen LogP contribution in [0.15, 0.2) is 47.4 Å². The third-order valence-electron chi connectivity index (χ3n) is 3.15. The van der Waals surface area contributed by atoms with Crippen LogP contribution in [0.5, 0.6) is 11.5 Å². The standard InChI is InChI=1S/C16H16F3NO5S/c1-11-9-12(24-8-7-21)5-6-15(11)20-26(22,23)14-4-2-3-13(10-14)25-16(17,18)19/h2-6,9-10,20-21H,7-8H2,1H3. The SMILES string of the molecule is Cc1cc(OCCO)ccc1NS(=O)(=O)c1cccc(OC(F)(F)F)c1. The quantitative estimate of drug-likeness (QED) is 0.758. The first-order valence-electron chi connectivity index (χ1n) is 7.34. The zero-order chi connectivity index (χ0) is 19.4. The van der Waals surface area contributed by atoms with Gasteiger partial charge in [-0.05, 0) is 42.8 Å². The number of nitrogens with one attached hydrogen (secondary N) is 1. The van der Waals surface area contributed by atoms with Crippen molar-refractivity contribution >= 4 is 15.7 Å². The van der Waals surface area contributed by atoms with Gasteiger partial charge in [0.1, 0.15) is 18.1 Å². The molecule has 2 aromatic rings. The van der Waals surface area contributed by atoms with E-state index in [9.17, 15) is 21.6 Å². The normalized spacial score (nSPS) is 11.9. The van der Waals surface area contributed by atoms with Gasteiger partial charge in [-0.2, -0.15) is 0 Å². The summed E-state index contributed by atoms with van der Waals surface area (Å²) in [4.78, 5) is -0.376. The molecule has 6 nitrogen and oxygen atoms in total. The average Bonchev–Trinajstić information content (AvgIpc) is 2.54. The summed E-state index contributed by atoms with van der Waals surface area (Å²) in [6.45, 7) is 1.56. The Morgan fingerprint density at radius 3 is 2.46 bits per heavy atom. The number of rotatable bonds is 7. The second-order valence-electron chi connectivity index (χ2n) is 5.18. The largest absolute Gasteiger partial charge is 0.573 e. The van der Waals surface area contributed by atoms with Gasteiger partial charge in [-0.3, -0.25) is 4.72 Å². The first-order valence-corrected chi connectivity index (χ1v) is 8.82. The van der Waals surface area contributed by atoms with E-state index in [1.807, 2.05) is 0 Å². The molecule has 0 radical (unpaired) electrons. The smallest absolute Gasteiger partial charge is 0.491 e. The number of aryl methyl sites for hydroxylation is 1. The van der Waals surface area contributed by atoms with Gasteiger partial charge < -0.3 is 14.6 Å². The number of hydrogen-bond donors (Lipinski definition) is 2. The number of hydrogen-bond acceptors (Lipinski definition) is 5. The molecule has 0 saturated carbocycles.